The van der Waals surface area contributed by atoms with Gasteiger partial charge in [-0.1, -0.05) is 33.1 Å². The highest BCUT2D eigenvalue weighted by molar-refractivity contribution is 5.76. The van der Waals surface area contributed by atoms with E-state index in [2.05, 4.69) is 27.7 Å². The third kappa shape index (κ3) is 3.49. The average Bonchev–Trinajstić information content (AvgIpc) is 2.29. The number of hydrogen-bond donors (Lipinski definition) is 0. The Labute approximate surface area is 112 Å². The molecule has 0 aliphatic heterocycles. The van der Waals surface area contributed by atoms with Gasteiger partial charge < -0.3 is 4.74 Å². The van der Waals surface area contributed by atoms with Crippen molar-refractivity contribution >= 4 is 5.97 Å². The molecule has 0 N–H and O–H groups in total. The first-order chi connectivity index (χ1) is 8.18. The summed E-state index contributed by atoms with van der Waals surface area (Å²) in [6.45, 7) is 12.3. The zero-order valence-corrected chi connectivity index (χ0v) is 13.0. The summed E-state index contributed by atoms with van der Waals surface area (Å²) in [5.41, 5.74) is -0.713. The minimum Gasteiger partial charge on any atom is -0.459 e. The lowest BCUT2D eigenvalue weighted by molar-refractivity contribution is -0.176. The monoisotopic (exact) mass is 254 g/mol. The highest BCUT2D eigenvalue weighted by atomic mass is 16.6. The van der Waals surface area contributed by atoms with Gasteiger partial charge in [0.25, 0.3) is 0 Å². The molecule has 0 spiro atoms. The number of ether oxygens (including phenoxy) is 1. The largest absolute Gasteiger partial charge is 0.459 e. The Balaban J connectivity index is 2.67. The summed E-state index contributed by atoms with van der Waals surface area (Å²) in [5, 5.41) is 0. The van der Waals surface area contributed by atoms with Crippen molar-refractivity contribution in [1.29, 1.82) is 0 Å². The molecule has 1 aliphatic rings. The summed E-state index contributed by atoms with van der Waals surface area (Å²) in [7, 11) is 0. The summed E-state index contributed by atoms with van der Waals surface area (Å²) >= 11 is 0. The second-order valence-corrected chi connectivity index (χ2v) is 7.20. The van der Waals surface area contributed by atoms with Crippen LogP contribution >= 0.6 is 0 Å². The SMILES string of the molecule is CC(C)C(C)(C)C(=O)OC(C)(C)C1CCCCC1. The molecule has 0 aromatic rings. The van der Waals surface area contributed by atoms with Crippen molar-refractivity contribution in [1.82, 2.24) is 0 Å². The smallest absolute Gasteiger partial charge is 0.312 e. The van der Waals surface area contributed by atoms with Crippen LogP contribution in [0, 0.1) is 17.3 Å². The molecule has 2 heteroatoms. The van der Waals surface area contributed by atoms with Gasteiger partial charge in [-0.05, 0) is 52.4 Å². The van der Waals surface area contributed by atoms with E-state index in [4.69, 9.17) is 4.74 Å². The topological polar surface area (TPSA) is 26.3 Å². The van der Waals surface area contributed by atoms with Gasteiger partial charge >= 0.3 is 5.97 Å². The molecule has 0 atom stereocenters. The van der Waals surface area contributed by atoms with Crippen LogP contribution in [0.25, 0.3) is 0 Å². The van der Waals surface area contributed by atoms with Crippen molar-refractivity contribution in [3.05, 3.63) is 0 Å². The van der Waals surface area contributed by atoms with Crippen LogP contribution in [-0.4, -0.2) is 11.6 Å². The van der Waals surface area contributed by atoms with Gasteiger partial charge in [0.2, 0.25) is 0 Å². The van der Waals surface area contributed by atoms with Gasteiger partial charge in [-0.25, -0.2) is 0 Å². The second kappa shape index (κ2) is 5.63. The predicted octanol–water partition coefficient (Wildman–Crippen LogP) is 4.57. The minimum absolute atomic E-state index is 0.0481. The molecule has 0 saturated heterocycles. The van der Waals surface area contributed by atoms with Crippen molar-refractivity contribution in [2.45, 2.75) is 79.2 Å². The van der Waals surface area contributed by atoms with Crippen LogP contribution in [0.5, 0.6) is 0 Å². The number of rotatable bonds is 4. The first kappa shape index (κ1) is 15.5. The fraction of sp³-hybridized carbons (Fsp3) is 0.938. The molecule has 0 amide bonds. The molecule has 0 aromatic carbocycles. The Morgan fingerprint density at radius 2 is 1.56 bits per heavy atom. The molecule has 0 radical (unpaired) electrons. The van der Waals surface area contributed by atoms with Crippen LogP contribution in [0.2, 0.25) is 0 Å². The molecule has 106 valence electrons. The minimum atomic E-state index is -0.397. The predicted molar refractivity (Wildman–Crippen MR) is 75.4 cm³/mol. The lowest BCUT2D eigenvalue weighted by Gasteiger charge is -2.39. The van der Waals surface area contributed by atoms with E-state index in [-0.39, 0.29) is 11.6 Å². The molecular weight excluding hydrogens is 224 g/mol. The molecule has 18 heavy (non-hydrogen) atoms. The molecule has 0 bridgehead atoms. The zero-order valence-electron chi connectivity index (χ0n) is 13.0. The Hall–Kier alpha value is -0.530. The van der Waals surface area contributed by atoms with Gasteiger partial charge in [-0.3, -0.25) is 4.79 Å². The van der Waals surface area contributed by atoms with Gasteiger partial charge in [0.15, 0.2) is 0 Å². The first-order valence-corrected chi connectivity index (χ1v) is 7.41. The Morgan fingerprint density at radius 3 is 2.00 bits per heavy atom. The van der Waals surface area contributed by atoms with Crippen LogP contribution in [0.15, 0.2) is 0 Å². The maximum Gasteiger partial charge on any atom is 0.312 e. The molecule has 1 aliphatic carbocycles. The van der Waals surface area contributed by atoms with Gasteiger partial charge in [-0.2, -0.15) is 0 Å². The standard InChI is InChI=1S/C16H30O2/c1-12(2)15(3,4)14(17)18-16(5,6)13-10-8-7-9-11-13/h12-13H,7-11H2,1-6H3. The first-order valence-electron chi connectivity index (χ1n) is 7.41. The summed E-state index contributed by atoms with van der Waals surface area (Å²) in [5.74, 6) is 0.776. The van der Waals surface area contributed by atoms with Gasteiger partial charge in [0.1, 0.15) is 5.60 Å². The molecule has 1 saturated carbocycles. The van der Waals surface area contributed by atoms with Gasteiger partial charge in [-0.15, -0.1) is 0 Å². The van der Waals surface area contributed by atoms with E-state index in [1.165, 1.54) is 32.1 Å². The van der Waals surface area contributed by atoms with Gasteiger partial charge in [0, 0.05) is 0 Å². The Morgan fingerprint density at radius 1 is 1.06 bits per heavy atom. The van der Waals surface area contributed by atoms with Crippen LogP contribution in [-0.2, 0) is 9.53 Å². The molecule has 0 aromatic heterocycles. The molecule has 2 nitrogen and oxygen atoms in total. The summed E-state index contributed by atoms with van der Waals surface area (Å²) in [4.78, 5) is 12.3. The van der Waals surface area contributed by atoms with Crippen molar-refractivity contribution in [3.8, 4) is 0 Å². The quantitative estimate of drug-likeness (QED) is 0.687. The fourth-order valence-electron chi connectivity index (χ4n) is 2.49. The highest BCUT2D eigenvalue weighted by Crippen LogP contribution is 2.37. The normalized spacial score (nSPS) is 19.1. The summed E-state index contributed by atoms with van der Waals surface area (Å²) < 4.78 is 5.86. The second-order valence-electron chi connectivity index (χ2n) is 7.20. The Kier molecular flexibility index (Phi) is 4.85. The maximum atomic E-state index is 12.3. The van der Waals surface area contributed by atoms with E-state index in [0.29, 0.717) is 11.8 Å². The van der Waals surface area contributed by atoms with Crippen molar-refractivity contribution < 1.29 is 9.53 Å². The van der Waals surface area contributed by atoms with Crippen LogP contribution in [0.1, 0.15) is 73.6 Å². The molecule has 0 heterocycles. The van der Waals surface area contributed by atoms with Crippen LogP contribution < -0.4 is 0 Å². The lowest BCUT2D eigenvalue weighted by Crippen LogP contribution is -2.43. The van der Waals surface area contributed by atoms with E-state index in [1.54, 1.807) is 0 Å². The van der Waals surface area contributed by atoms with Gasteiger partial charge in [0.05, 0.1) is 5.41 Å². The van der Waals surface area contributed by atoms with Crippen molar-refractivity contribution in [2.75, 3.05) is 0 Å². The van der Waals surface area contributed by atoms with Crippen LogP contribution in [0.4, 0.5) is 0 Å². The number of hydrogen-bond acceptors (Lipinski definition) is 2. The summed E-state index contributed by atoms with van der Waals surface area (Å²) in [6, 6.07) is 0. The van der Waals surface area contributed by atoms with E-state index in [1.807, 2.05) is 13.8 Å². The third-order valence-electron chi connectivity index (χ3n) is 4.91. The molecule has 1 fully saturated rings. The molecule has 1 rings (SSSR count). The summed E-state index contributed by atoms with van der Waals surface area (Å²) in [6.07, 6.45) is 6.28. The zero-order chi connectivity index (χ0) is 14.0. The number of carbonyl (C=O) groups is 1. The third-order valence-corrected chi connectivity index (χ3v) is 4.91. The van der Waals surface area contributed by atoms with E-state index >= 15 is 0 Å². The fourth-order valence-corrected chi connectivity index (χ4v) is 2.49. The van der Waals surface area contributed by atoms with E-state index in [0.717, 1.165) is 0 Å². The van der Waals surface area contributed by atoms with Crippen molar-refractivity contribution in [3.63, 3.8) is 0 Å². The highest BCUT2D eigenvalue weighted by Gasteiger charge is 2.40. The van der Waals surface area contributed by atoms with Crippen molar-refractivity contribution in [2.24, 2.45) is 17.3 Å². The average molecular weight is 254 g/mol. The Bertz CT molecular complexity index is 283. The lowest BCUT2D eigenvalue weighted by atomic mass is 9.77. The van der Waals surface area contributed by atoms with E-state index < -0.39 is 5.41 Å². The van der Waals surface area contributed by atoms with Crippen LogP contribution in [0.3, 0.4) is 0 Å². The molecule has 0 unspecified atom stereocenters. The molecular formula is C16H30O2. The number of carbonyl (C=O) groups excluding carboxylic acids is 1. The van der Waals surface area contributed by atoms with E-state index in [9.17, 15) is 4.79 Å². The number of esters is 1. The maximum absolute atomic E-state index is 12.3.